The fourth-order valence-corrected chi connectivity index (χ4v) is 3.22. The molecular weight excluding hydrogens is 350 g/mol. The SMILES string of the molecule is Nc1nc2ccccc2n1-c1nc(NCc2ccccc2)c2cccnc2n1. The second-order valence-electron chi connectivity index (χ2n) is 6.38. The fourth-order valence-electron chi connectivity index (χ4n) is 3.22. The number of nitrogens with zero attached hydrogens (tertiary/aromatic N) is 5. The third-order valence-corrected chi connectivity index (χ3v) is 4.55. The predicted octanol–water partition coefficient (Wildman–Crippen LogP) is 3.56. The summed E-state index contributed by atoms with van der Waals surface area (Å²) in [5.74, 6) is 1.48. The highest BCUT2D eigenvalue weighted by Gasteiger charge is 2.15. The Balaban J connectivity index is 1.65. The maximum absolute atomic E-state index is 6.18. The number of nitrogens with two attached hydrogens (primary N) is 1. The van der Waals surface area contributed by atoms with Gasteiger partial charge in [0.2, 0.25) is 11.9 Å². The first-order valence-corrected chi connectivity index (χ1v) is 8.93. The van der Waals surface area contributed by atoms with Gasteiger partial charge >= 0.3 is 0 Å². The lowest BCUT2D eigenvalue weighted by Gasteiger charge is -2.12. The number of aromatic nitrogens is 5. The van der Waals surface area contributed by atoms with Crippen molar-refractivity contribution in [2.45, 2.75) is 6.54 Å². The molecule has 0 aliphatic heterocycles. The number of rotatable bonds is 4. The van der Waals surface area contributed by atoms with Gasteiger partial charge in [-0.25, -0.2) is 14.5 Å². The molecule has 3 N–H and O–H groups in total. The van der Waals surface area contributed by atoms with Crippen LogP contribution < -0.4 is 11.1 Å². The second kappa shape index (κ2) is 6.62. The molecule has 5 rings (SSSR count). The van der Waals surface area contributed by atoms with E-state index in [0.717, 1.165) is 22.0 Å². The molecule has 0 radical (unpaired) electrons. The largest absolute Gasteiger partial charge is 0.369 e. The fraction of sp³-hybridized carbons (Fsp3) is 0.0476. The summed E-state index contributed by atoms with van der Waals surface area (Å²) >= 11 is 0. The van der Waals surface area contributed by atoms with Crippen molar-refractivity contribution in [1.29, 1.82) is 0 Å². The Kier molecular flexibility index (Phi) is 3.83. The number of benzene rings is 2. The van der Waals surface area contributed by atoms with Gasteiger partial charge in [0.05, 0.1) is 16.4 Å². The lowest BCUT2D eigenvalue weighted by molar-refractivity contribution is 0.964. The topological polar surface area (TPSA) is 94.5 Å². The van der Waals surface area contributed by atoms with E-state index in [-0.39, 0.29) is 0 Å². The normalized spacial score (nSPS) is 11.1. The quantitative estimate of drug-likeness (QED) is 0.504. The molecule has 0 atom stereocenters. The van der Waals surface area contributed by atoms with E-state index < -0.39 is 0 Å². The number of fused-ring (bicyclic) bond motifs is 2. The summed E-state index contributed by atoms with van der Waals surface area (Å²) < 4.78 is 1.75. The average Bonchev–Trinajstić information content (AvgIpc) is 3.08. The molecule has 0 amide bonds. The van der Waals surface area contributed by atoms with Gasteiger partial charge in [-0.05, 0) is 29.8 Å². The van der Waals surface area contributed by atoms with Crippen molar-refractivity contribution in [3.05, 3.63) is 78.5 Å². The minimum atomic E-state index is 0.338. The van der Waals surface area contributed by atoms with Crippen molar-refractivity contribution in [1.82, 2.24) is 24.5 Å². The number of imidazole rings is 1. The van der Waals surface area contributed by atoms with Crippen LogP contribution in [0.4, 0.5) is 11.8 Å². The molecule has 136 valence electrons. The number of pyridine rings is 1. The van der Waals surface area contributed by atoms with Crippen molar-refractivity contribution in [3.8, 4) is 5.95 Å². The monoisotopic (exact) mass is 367 g/mol. The summed E-state index contributed by atoms with van der Waals surface area (Å²) in [6, 6.07) is 21.7. The minimum absolute atomic E-state index is 0.338. The van der Waals surface area contributed by atoms with E-state index in [1.54, 1.807) is 10.8 Å². The number of para-hydroxylation sites is 2. The highest BCUT2D eigenvalue weighted by Crippen LogP contribution is 2.25. The molecule has 7 heteroatoms. The first-order valence-electron chi connectivity index (χ1n) is 8.93. The van der Waals surface area contributed by atoms with E-state index in [1.807, 2.05) is 54.6 Å². The summed E-state index contributed by atoms with van der Waals surface area (Å²) in [6.45, 7) is 0.640. The molecule has 0 saturated carbocycles. The van der Waals surface area contributed by atoms with Crippen LogP contribution in [0.5, 0.6) is 0 Å². The van der Waals surface area contributed by atoms with E-state index in [2.05, 4.69) is 32.4 Å². The van der Waals surface area contributed by atoms with Crippen LogP contribution in [0.15, 0.2) is 72.9 Å². The Morgan fingerprint density at radius 2 is 1.68 bits per heavy atom. The summed E-state index contributed by atoms with van der Waals surface area (Å²) in [5.41, 5.74) is 9.58. The molecule has 7 nitrogen and oxygen atoms in total. The van der Waals surface area contributed by atoms with Gasteiger partial charge in [0.25, 0.3) is 0 Å². The first kappa shape index (κ1) is 16.2. The maximum atomic E-state index is 6.18. The Labute approximate surface area is 160 Å². The third-order valence-electron chi connectivity index (χ3n) is 4.55. The van der Waals surface area contributed by atoms with E-state index in [1.165, 1.54) is 0 Å². The Bertz CT molecular complexity index is 1280. The van der Waals surface area contributed by atoms with Gasteiger partial charge in [0.15, 0.2) is 5.65 Å². The van der Waals surface area contributed by atoms with Crippen LogP contribution in [0, 0.1) is 0 Å². The molecule has 28 heavy (non-hydrogen) atoms. The maximum Gasteiger partial charge on any atom is 0.241 e. The van der Waals surface area contributed by atoms with Gasteiger partial charge in [0, 0.05) is 12.7 Å². The van der Waals surface area contributed by atoms with Crippen molar-refractivity contribution in [2.24, 2.45) is 0 Å². The van der Waals surface area contributed by atoms with Crippen molar-refractivity contribution in [2.75, 3.05) is 11.1 Å². The van der Waals surface area contributed by atoms with Crippen molar-refractivity contribution < 1.29 is 0 Å². The Morgan fingerprint density at radius 3 is 2.57 bits per heavy atom. The Morgan fingerprint density at radius 1 is 0.857 bits per heavy atom. The number of nitrogens with one attached hydrogen (secondary N) is 1. The highest BCUT2D eigenvalue weighted by molar-refractivity contribution is 5.87. The van der Waals surface area contributed by atoms with Gasteiger partial charge in [-0.2, -0.15) is 9.97 Å². The molecule has 0 bridgehead atoms. The molecule has 3 aromatic heterocycles. The van der Waals surface area contributed by atoms with Gasteiger partial charge in [-0.15, -0.1) is 0 Å². The molecule has 0 unspecified atom stereocenters. The smallest absolute Gasteiger partial charge is 0.241 e. The molecule has 5 aromatic rings. The van der Waals surface area contributed by atoms with E-state index in [0.29, 0.717) is 29.9 Å². The van der Waals surface area contributed by atoms with Crippen molar-refractivity contribution >= 4 is 33.8 Å². The van der Waals surface area contributed by atoms with E-state index in [4.69, 9.17) is 10.7 Å². The van der Waals surface area contributed by atoms with Gasteiger partial charge in [-0.3, -0.25) is 0 Å². The second-order valence-corrected chi connectivity index (χ2v) is 6.38. The van der Waals surface area contributed by atoms with Gasteiger partial charge in [0.1, 0.15) is 5.82 Å². The molecule has 0 saturated heterocycles. The van der Waals surface area contributed by atoms with Crippen molar-refractivity contribution in [3.63, 3.8) is 0 Å². The van der Waals surface area contributed by atoms with Crippen LogP contribution >= 0.6 is 0 Å². The lowest BCUT2D eigenvalue weighted by Crippen LogP contribution is -2.10. The zero-order chi connectivity index (χ0) is 18.9. The number of hydrogen-bond donors (Lipinski definition) is 2. The lowest BCUT2D eigenvalue weighted by atomic mass is 10.2. The molecule has 0 aliphatic rings. The summed E-state index contributed by atoms with van der Waals surface area (Å²) in [5, 5.41) is 4.26. The van der Waals surface area contributed by atoms with Crippen LogP contribution in [0.3, 0.4) is 0 Å². The minimum Gasteiger partial charge on any atom is -0.369 e. The van der Waals surface area contributed by atoms with E-state index >= 15 is 0 Å². The van der Waals surface area contributed by atoms with Crippen LogP contribution in [0.1, 0.15) is 5.56 Å². The van der Waals surface area contributed by atoms with Crippen LogP contribution in [-0.2, 0) is 6.54 Å². The van der Waals surface area contributed by atoms with E-state index in [9.17, 15) is 0 Å². The third kappa shape index (κ3) is 2.79. The first-order chi connectivity index (χ1) is 13.8. The zero-order valence-corrected chi connectivity index (χ0v) is 14.9. The Hall–Kier alpha value is -4.00. The molecule has 0 fully saturated rings. The summed E-state index contributed by atoms with van der Waals surface area (Å²) in [6.07, 6.45) is 1.72. The number of nitrogen functional groups attached to an aromatic ring is 1. The van der Waals surface area contributed by atoms with Crippen LogP contribution in [0.2, 0.25) is 0 Å². The standard InChI is InChI=1S/C21H17N7/c22-20-25-16-10-4-5-11-17(16)28(20)21-26-18-15(9-6-12-23-18)19(27-21)24-13-14-7-2-1-3-8-14/h1-12H,13H2,(H2,22,25)(H,23,24,26,27). The zero-order valence-electron chi connectivity index (χ0n) is 14.9. The average molecular weight is 367 g/mol. The molecular formula is C21H17N7. The summed E-state index contributed by atoms with van der Waals surface area (Å²) in [4.78, 5) is 18.2. The number of anilines is 2. The molecule has 0 spiro atoms. The van der Waals surface area contributed by atoms with Gasteiger partial charge < -0.3 is 11.1 Å². The predicted molar refractivity (Wildman–Crippen MR) is 110 cm³/mol. The van der Waals surface area contributed by atoms with Crippen LogP contribution in [-0.4, -0.2) is 24.5 Å². The van der Waals surface area contributed by atoms with Crippen LogP contribution in [0.25, 0.3) is 28.0 Å². The molecule has 0 aliphatic carbocycles. The van der Waals surface area contributed by atoms with Gasteiger partial charge in [-0.1, -0.05) is 42.5 Å². The molecule has 2 aromatic carbocycles. The molecule has 3 heterocycles. The summed E-state index contributed by atoms with van der Waals surface area (Å²) in [7, 11) is 0. The number of hydrogen-bond acceptors (Lipinski definition) is 6. The highest BCUT2D eigenvalue weighted by atomic mass is 15.3.